The molecule has 0 amide bonds. The Morgan fingerprint density at radius 2 is 1.89 bits per heavy atom. The second-order valence-electron chi connectivity index (χ2n) is 5.53. The summed E-state index contributed by atoms with van der Waals surface area (Å²) in [5.41, 5.74) is 1.41. The average Bonchev–Trinajstić information content (AvgIpc) is 2.76. The van der Waals surface area contributed by atoms with Crippen molar-refractivity contribution in [2.45, 2.75) is 45.3 Å². The topological polar surface area (TPSA) is 15.3 Å². The van der Waals surface area contributed by atoms with Crippen molar-refractivity contribution >= 4 is 15.9 Å². The summed E-state index contributed by atoms with van der Waals surface area (Å²) in [4.78, 5) is 2.57. The van der Waals surface area contributed by atoms with Gasteiger partial charge in [-0.05, 0) is 31.0 Å². The van der Waals surface area contributed by atoms with E-state index in [0.717, 1.165) is 11.0 Å². The zero-order valence-corrected chi connectivity index (χ0v) is 13.1. The molecule has 2 unspecified atom stereocenters. The predicted molar refractivity (Wildman–Crippen MR) is 80.8 cm³/mol. The highest BCUT2D eigenvalue weighted by Gasteiger charge is 2.26. The Morgan fingerprint density at radius 3 is 2.50 bits per heavy atom. The van der Waals surface area contributed by atoms with E-state index in [0.29, 0.717) is 18.1 Å². The van der Waals surface area contributed by atoms with Gasteiger partial charge in [-0.2, -0.15) is 0 Å². The van der Waals surface area contributed by atoms with Crippen LogP contribution in [0.5, 0.6) is 0 Å². The predicted octanol–water partition coefficient (Wildman–Crippen LogP) is 3.58. The third kappa shape index (κ3) is 3.56. The summed E-state index contributed by atoms with van der Waals surface area (Å²) >= 11 is 3.49. The summed E-state index contributed by atoms with van der Waals surface area (Å²) in [6, 6.07) is 10.4. The lowest BCUT2D eigenvalue weighted by Gasteiger charge is -2.25. The molecule has 0 bridgehead atoms. The maximum absolute atomic E-state index is 3.64. The van der Waals surface area contributed by atoms with Gasteiger partial charge in [-0.25, -0.2) is 0 Å². The molecule has 0 saturated carbocycles. The van der Waals surface area contributed by atoms with Crippen molar-refractivity contribution in [3.63, 3.8) is 0 Å². The number of rotatable bonds is 4. The lowest BCUT2D eigenvalue weighted by Crippen LogP contribution is -2.37. The fourth-order valence-electron chi connectivity index (χ4n) is 2.70. The first-order valence-corrected chi connectivity index (χ1v) is 7.61. The molecule has 1 fully saturated rings. The highest BCUT2D eigenvalue weighted by Crippen LogP contribution is 2.25. The van der Waals surface area contributed by atoms with E-state index in [9.17, 15) is 0 Å². The Balaban J connectivity index is 1.94. The minimum Gasteiger partial charge on any atom is -0.310 e. The Morgan fingerprint density at radius 1 is 1.22 bits per heavy atom. The third-order valence-electron chi connectivity index (χ3n) is 3.69. The maximum atomic E-state index is 3.64. The lowest BCUT2D eigenvalue weighted by atomic mass is 10.1. The first-order chi connectivity index (χ1) is 8.56. The van der Waals surface area contributed by atoms with Gasteiger partial charge >= 0.3 is 0 Å². The molecule has 2 nitrogen and oxygen atoms in total. The molecule has 0 spiro atoms. The Labute approximate surface area is 119 Å². The minimum atomic E-state index is 0.511. The molecule has 1 aromatic carbocycles. The second kappa shape index (κ2) is 6.18. The van der Waals surface area contributed by atoms with Crippen LogP contribution in [0, 0.1) is 0 Å². The molecule has 2 rings (SSSR count). The van der Waals surface area contributed by atoms with Crippen molar-refractivity contribution in [3.8, 4) is 0 Å². The number of hydrogen-bond donors (Lipinski definition) is 1. The molecule has 0 aromatic heterocycles. The van der Waals surface area contributed by atoms with E-state index in [4.69, 9.17) is 0 Å². The van der Waals surface area contributed by atoms with E-state index in [2.05, 4.69) is 71.2 Å². The Hall–Kier alpha value is -0.380. The molecule has 2 atom stereocenters. The minimum absolute atomic E-state index is 0.511. The van der Waals surface area contributed by atoms with Crippen molar-refractivity contribution in [2.24, 2.45) is 0 Å². The van der Waals surface area contributed by atoms with Gasteiger partial charge < -0.3 is 5.32 Å². The van der Waals surface area contributed by atoms with E-state index in [1.165, 1.54) is 18.5 Å². The molecule has 0 radical (unpaired) electrons. The van der Waals surface area contributed by atoms with Crippen molar-refractivity contribution in [2.75, 3.05) is 13.1 Å². The molecular weight excluding hydrogens is 288 g/mol. The van der Waals surface area contributed by atoms with Crippen LogP contribution in [-0.2, 0) is 0 Å². The van der Waals surface area contributed by atoms with E-state index < -0.39 is 0 Å². The molecule has 18 heavy (non-hydrogen) atoms. The smallest absolute Gasteiger partial charge is 0.0320 e. The highest BCUT2D eigenvalue weighted by atomic mass is 79.9. The van der Waals surface area contributed by atoms with Gasteiger partial charge in [0.15, 0.2) is 0 Å². The SMILES string of the molecule is CC(C)NC1CCN(C(C)c2ccc(Br)cc2)C1. The van der Waals surface area contributed by atoms with Gasteiger partial charge in [0.05, 0.1) is 0 Å². The summed E-state index contributed by atoms with van der Waals surface area (Å²) in [5.74, 6) is 0. The standard InChI is InChI=1S/C15H23BrN2/c1-11(2)17-15-8-9-18(10-15)12(3)13-4-6-14(16)7-5-13/h4-7,11-12,15,17H,8-10H2,1-3H3. The molecule has 1 aliphatic heterocycles. The van der Waals surface area contributed by atoms with Crippen LogP contribution in [0.1, 0.15) is 38.8 Å². The van der Waals surface area contributed by atoms with Gasteiger partial charge in [0.25, 0.3) is 0 Å². The monoisotopic (exact) mass is 310 g/mol. The molecule has 1 aromatic rings. The summed E-state index contributed by atoms with van der Waals surface area (Å²) in [6.45, 7) is 9.11. The normalized spacial score (nSPS) is 22.6. The van der Waals surface area contributed by atoms with Gasteiger partial charge in [0, 0.05) is 35.7 Å². The largest absolute Gasteiger partial charge is 0.310 e. The highest BCUT2D eigenvalue weighted by molar-refractivity contribution is 9.10. The van der Waals surface area contributed by atoms with E-state index >= 15 is 0 Å². The molecule has 1 heterocycles. The maximum Gasteiger partial charge on any atom is 0.0320 e. The summed E-state index contributed by atoms with van der Waals surface area (Å²) in [7, 11) is 0. The van der Waals surface area contributed by atoms with Gasteiger partial charge in [-0.1, -0.05) is 41.9 Å². The van der Waals surface area contributed by atoms with Crippen LogP contribution >= 0.6 is 15.9 Å². The zero-order chi connectivity index (χ0) is 13.1. The van der Waals surface area contributed by atoms with E-state index in [1.54, 1.807) is 0 Å². The van der Waals surface area contributed by atoms with E-state index in [1.807, 2.05) is 0 Å². The second-order valence-corrected chi connectivity index (χ2v) is 6.45. The third-order valence-corrected chi connectivity index (χ3v) is 4.22. The summed E-state index contributed by atoms with van der Waals surface area (Å²) < 4.78 is 1.15. The number of nitrogens with one attached hydrogen (secondary N) is 1. The van der Waals surface area contributed by atoms with Gasteiger partial charge in [0.1, 0.15) is 0 Å². The molecule has 0 aliphatic carbocycles. The fourth-order valence-corrected chi connectivity index (χ4v) is 2.96. The molecular formula is C15H23BrN2. The molecule has 1 saturated heterocycles. The molecule has 1 N–H and O–H groups in total. The van der Waals surface area contributed by atoms with Crippen molar-refractivity contribution in [3.05, 3.63) is 34.3 Å². The van der Waals surface area contributed by atoms with Crippen molar-refractivity contribution < 1.29 is 0 Å². The lowest BCUT2D eigenvalue weighted by molar-refractivity contribution is 0.254. The Kier molecular flexibility index (Phi) is 4.82. The van der Waals surface area contributed by atoms with Crippen molar-refractivity contribution in [1.29, 1.82) is 0 Å². The number of nitrogens with zero attached hydrogens (tertiary/aromatic N) is 1. The number of hydrogen-bond acceptors (Lipinski definition) is 2. The van der Waals surface area contributed by atoms with Crippen molar-refractivity contribution in [1.82, 2.24) is 10.2 Å². The van der Waals surface area contributed by atoms with Crippen LogP contribution in [0.2, 0.25) is 0 Å². The molecule has 100 valence electrons. The average molecular weight is 311 g/mol. The summed E-state index contributed by atoms with van der Waals surface area (Å²) in [6.07, 6.45) is 1.26. The van der Waals surface area contributed by atoms with E-state index in [-0.39, 0.29) is 0 Å². The van der Waals surface area contributed by atoms with Crippen LogP contribution in [0.15, 0.2) is 28.7 Å². The van der Waals surface area contributed by atoms with Gasteiger partial charge in [-0.3, -0.25) is 4.90 Å². The molecule has 3 heteroatoms. The number of likely N-dealkylation sites (tertiary alicyclic amines) is 1. The van der Waals surface area contributed by atoms with Crippen LogP contribution in [0.25, 0.3) is 0 Å². The van der Waals surface area contributed by atoms with Crippen LogP contribution in [0.3, 0.4) is 0 Å². The first kappa shape index (κ1) is 14.0. The van der Waals surface area contributed by atoms with Crippen LogP contribution < -0.4 is 5.32 Å². The van der Waals surface area contributed by atoms with Gasteiger partial charge in [0.2, 0.25) is 0 Å². The number of halogens is 1. The van der Waals surface area contributed by atoms with Gasteiger partial charge in [-0.15, -0.1) is 0 Å². The van der Waals surface area contributed by atoms with Crippen LogP contribution in [0.4, 0.5) is 0 Å². The molecule has 1 aliphatic rings. The first-order valence-electron chi connectivity index (χ1n) is 6.82. The Bertz CT molecular complexity index is 375. The van der Waals surface area contributed by atoms with Crippen LogP contribution in [-0.4, -0.2) is 30.1 Å². The fraction of sp³-hybridized carbons (Fsp3) is 0.600. The summed E-state index contributed by atoms with van der Waals surface area (Å²) in [5, 5.41) is 3.64. The quantitative estimate of drug-likeness (QED) is 0.914. The number of benzene rings is 1. The zero-order valence-electron chi connectivity index (χ0n) is 11.5.